The lowest BCUT2D eigenvalue weighted by Gasteiger charge is -2.09. The van der Waals surface area contributed by atoms with Crippen LogP contribution in [0.5, 0.6) is 0 Å². The second kappa shape index (κ2) is 4.91. The molecule has 0 radical (unpaired) electrons. The molecule has 1 unspecified atom stereocenters. The second-order valence-electron chi connectivity index (χ2n) is 2.83. The van der Waals surface area contributed by atoms with E-state index in [-0.39, 0.29) is 11.9 Å². The molecular formula is C10H11BrN2O. The molecule has 0 spiro atoms. The van der Waals surface area contributed by atoms with Crippen LogP contribution in [0.3, 0.4) is 0 Å². The van der Waals surface area contributed by atoms with Crippen molar-refractivity contribution in [3.05, 3.63) is 41.2 Å². The molecule has 3 nitrogen and oxygen atoms in total. The predicted octanol–water partition coefficient (Wildman–Crippen LogP) is 2.15. The number of nitrogens with one attached hydrogen (secondary N) is 1. The van der Waals surface area contributed by atoms with Crippen molar-refractivity contribution < 1.29 is 4.79 Å². The van der Waals surface area contributed by atoms with E-state index in [2.05, 4.69) is 32.8 Å². The normalized spacial score (nSPS) is 11.9. The number of carbonyl (C=O) groups is 1. The van der Waals surface area contributed by atoms with Crippen molar-refractivity contribution in [1.29, 1.82) is 0 Å². The summed E-state index contributed by atoms with van der Waals surface area (Å²) in [4.78, 5) is 15.6. The first-order valence-electron chi connectivity index (χ1n) is 4.19. The molecule has 0 bridgehead atoms. The topological polar surface area (TPSA) is 42.0 Å². The molecule has 1 N–H and O–H groups in total. The highest BCUT2D eigenvalue weighted by molar-refractivity contribution is 9.10. The highest BCUT2D eigenvalue weighted by Gasteiger charge is 2.11. The van der Waals surface area contributed by atoms with E-state index in [1.54, 1.807) is 24.4 Å². The maximum atomic E-state index is 11.6. The Kier molecular flexibility index (Phi) is 3.83. The van der Waals surface area contributed by atoms with Gasteiger partial charge in [-0.05, 0) is 35.0 Å². The molecule has 1 rings (SSSR count). The Hall–Kier alpha value is -1.16. The highest BCUT2D eigenvalue weighted by Crippen LogP contribution is 2.12. The van der Waals surface area contributed by atoms with Gasteiger partial charge in [0.25, 0.3) is 5.91 Å². The predicted molar refractivity (Wildman–Crippen MR) is 59.1 cm³/mol. The average molecular weight is 255 g/mol. The lowest BCUT2D eigenvalue weighted by atomic mass is 10.3. The highest BCUT2D eigenvalue weighted by atomic mass is 79.9. The van der Waals surface area contributed by atoms with Crippen molar-refractivity contribution in [3.8, 4) is 0 Å². The number of halogens is 1. The monoisotopic (exact) mass is 254 g/mol. The van der Waals surface area contributed by atoms with Gasteiger partial charge < -0.3 is 5.32 Å². The Morgan fingerprint density at radius 2 is 2.50 bits per heavy atom. The van der Waals surface area contributed by atoms with Crippen LogP contribution < -0.4 is 5.32 Å². The molecule has 0 aliphatic heterocycles. The van der Waals surface area contributed by atoms with Crippen LogP contribution in [0.15, 0.2) is 35.5 Å². The lowest BCUT2D eigenvalue weighted by molar-refractivity contribution is 0.0941. The molecule has 4 heteroatoms. The van der Waals surface area contributed by atoms with Gasteiger partial charge in [-0.25, -0.2) is 4.98 Å². The maximum absolute atomic E-state index is 11.6. The van der Waals surface area contributed by atoms with Gasteiger partial charge in [-0.2, -0.15) is 0 Å². The summed E-state index contributed by atoms with van der Waals surface area (Å²) in [5, 5.41) is 2.74. The van der Waals surface area contributed by atoms with E-state index in [9.17, 15) is 4.79 Å². The molecule has 0 aliphatic carbocycles. The largest absolute Gasteiger partial charge is 0.345 e. The Labute approximate surface area is 91.4 Å². The van der Waals surface area contributed by atoms with Crippen molar-refractivity contribution in [1.82, 2.24) is 10.3 Å². The van der Waals surface area contributed by atoms with Crippen LogP contribution >= 0.6 is 15.9 Å². The number of nitrogens with zero attached hydrogens (tertiary/aromatic N) is 1. The zero-order valence-corrected chi connectivity index (χ0v) is 9.41. The van der Waals surface area contributed by atoms with Gasteiger partial charge in [-0.3, -0.25) is 4.79 Å². The molecule has 14 heavy (non-hydrogen) atoms. The molecule has 0 aromatic carbocycles. The molecule has 1 heterocycles. The number of pyridine rings is 1. The quantitative estimate of drug-likeness (QED) is 0.841. The van der Waals surface area contributed by atoms with E-state index in [1.807, 2.05) is 6.92 Å². The molecule has 1 atom stereocenters. The fourth-order valence-electron chi connectivity index (χ4n) is 0.887. The Balaban J connectivity index is 2.80. The maximum Gasteiger partial charge on any atom is 0.271 e. The van der Waals surface area contributed by atoms with Crippen LogP contribution in [-0.4, -0.2) is 16.9 Å². The van der Waals surface area contributed by atoms with Crippen molar-refractivity contribution >= 4 is 21.8 Å². The molecule has 0 aliphatic rings. The molecule has 0 fully saturated rings. The Bertz CT molecular complexity index is 352. The van der Waals surface area contributed by atoms with Gasteiger partial charge in [0.15, 0.2) is 0 Å². The first-order chi connectivity index (χ1) is 6.65. The minimum atomic E-state index is -0.204. The first kappa shape index (κ1) is 10.9. The van der Waals surface area contributed by atoms with Crippen molar-refractivity contribution in [2.45, 2.75) is 13.0 Å². The SMILES string of the molecule is C=CC(C)NC(=O)c1ncccc1Br. The summed E-state index contributed by atoms with van der Waals surface area (Å²) >= 11 is 3.26. The summed E-state index contributed by atoms with van der Waals surface area (Å²) in [5.74, 6) is -0.204. The average Bonchev–Trinajstić information content (AvgIpc) is 2.18. The zero-order valence-electron chi connectivity index (χ0n) is 7.83. The van der Waals surface area contributed by atoms with Crippen LogP contribution in [-0.2, 0) is 0 Å². The third kappa shape index (κ3) is 2.67. The molecule has 0 saturated heterocycles. The third-order valence-corrected chi connectivity index (χ3v) is 2.33. The number of rotatable bonds is 3. The van der Waals surface area contributed by atoms with Crippen molar-refractivity contribution in [3.63, 3.8) is 0 Å². The molecule has 1 aromatic rings. The number of aromatic nitrogens is 1. The van der Waals surface area contributed by atoms with Gasteiger partial charge in [0.2, 0.25) is 0 Å². The van der Waals surface area contributed by atoms with Gasteiger partial charge in [0.1, 0.15) is 5.69 Å². The van der Waals surface area contributed by atoms with Crippen molar-refractivity contribution in [2.75, 3.05) is 0 Å². The second-order valence-corrected chi connectivity index (χ2v) is 3.69. The standard InChI is InChI=1S/C10H11BrN2O/c1-3-7(2)13-10(14)9-8(11)5-4-6-12-9/h3-7H,1H2,2H3,(H,13,14). The summed E-state index contributed by atoms with van der Waals surface area (Å²) in [6, 6.07) is 3.48. The fraction of sp³-hybridized carbons (Fsp3) is 0.200. The van der Waals surface area contributed by atoms with Crippen LogP contribution in [0.2, 0.25) is 0 Å². The summed E-state index contributed by atoms with van der Waals surface area (Å²) in [5.41, 5.74) is 0.390. The van der Waals surface area contributed by atoms with E-state index < -0.39 is 0 Å². The third-order valence-electron chi connectivity index (χ3n) is 1.69. The molecule has 1 aromatic heterocycles. The van der Waals surface area contributed by atoms with Crippen molar-refractivity contribution in [2.24, 2.45) is 0 Å². The number of hydrogen-bond donors (Lipinski definition) is 1. The van der Waals surface area contributed by atoms with Crippen LogP contribution in [0.1, 0.15) is 17.4 Å². The minimum absolute atomic E-state index is 0.0589. The molecule has 0 saturated carbocycles. The first-order valence-corrected chi connectivity index (χ1v) is 4.98. The van der Waals surface area contributed by atoms with E-state index in [0.717, 1.165) is 0 Å². The zero-order chi connectivity index (χ0) is 10.6. The van der Waals surface area contributed by atoms with E-state index >= 15 is 0 Å². The number of hydrogen-bond acceptors (Lipinski definition) is 2. The van der Waals surface area contributed by atoms with Crippen LogP contribution in [0.4, 0.5) is 0 Å². The molecular weight excluding hydrogens is 244 g/mol. The summed E-state index contributed by atoms with van der Waals surface area (Å²) in [6.45, 7) is 5.43. The Morgan fingerprint density at radius 3 is 3.07 bits per heavy atom. The van der Waals surface area contributed by atoms with Gasteiger partial charge in [-0.15, -0.1) is 6.58 Å². The van der Waals surface area contributed by atoms with E-state index in [0.29, 0.717) is 10.2 Å². The fourth-order valence-corrected chi connectivity index (χ4v) is 1.32. The van der Waals surface area contributed by atoms with Gasteiger partial charge in [-0.1, -0.05) is 6.08 Å². The van der Waals surface area contributed by atoms with E-state index in [1.165, 1.54) is 0 Å². The van der Waals surface area contributed by atoms with Crippen LogP contribution in [0, 0.1) is 0 Å². The summed E-state index contributed by atoms with van der Waals surface area (Å²) in [7, 11) is 0. The number of amides is 1. The van der Waals surface area contributed by atoms with Crippen LogP contribution in [0.25, 0.3) is 0 Å². The number of carbonyl (C=O) groups excluding carboxylic acids is 1. The van der Waals surface area contributed by atoms with Gasteiger partial charge >= 0.3 is 0 Å². The summed E-state index contributed by atoms with van der Waals surface area (Å²) < 4.78 is 0.689. The van der Waals surface area contributed by atoms with Gasteiger partial charge in [0, 0.05) is 16.7 Å². The van der Waals surface area contributed by atoms with E-state index in [4.69, 9.17) is 0 Å². The summed E-state index contributed by atoms with van der Waals surface area (Å²) in [6.07, 6.45) is 3.24. The smallest absolute Gasteiger partial charge is 0.271 e. The minimum Gasteiger partial charge on any atom is -0.345 e. The molecule has 74 valence electrons. The molecule has 1 amide bonds. The lowest BCUT2D eigenvalue weighted by Crippen LogP contribution is -2.31. The Morgan fingerprint density at radius 1 is 1.79 bits per heavy atom. The van der Waals surface area contributed by atoms with Gasteiger partial charge in [0.05, 0.1) is 0 Å².